The van der Waals surface area contributed by atoms with E-state index in [-0.39, 0.29) is 11.7 Å². The van der Waals surface area contributed by atoms with Gasteiger partial charge in [0.1, 0.15) is 5.75 Å². The maximum atomic E-state index is 12.5. The number of aromatic nitrogens is 3. The minimum absolute atomic E-state index is 0.157. The zero-order chi connectivity index (χ0) is 22.4. The van der Waals surface area contributed by atoms with E-state index in [2.05, 4.69) is 22.1 Å². The fourth-order valence-electron chi connectivity index (χ4n) is 2.91. The third kappa shape index (κ3) is 5.59. The van der Waals surface area contributed by atoms with Crippen LogP contribution in [0.1, 0.15) is 0 Å². The number of halogens is 1. The van der Waals surface area contributed by atoms with E-state index in [4.69, 9.17) is 16.3 Å². The van der Waals surface area contributed by atoms with Gasteiger partial charge < -0.3 is 15.0 Å². The number of hydrogen-bond acceptors (Lipinski definition) is 6. The van der Waals surface area contributed by atoms with Gasteiger partial charge in [0.2, 0.25) is 5.91 Å². The number of allylic oxidation sites excluding steroid dienone is 1. The number of nitrogens with zero attached hydrogens (tertiary/aromatic N) is 4. The van der Waals surface area contributed by atoms with Crippen molar-refractivity contribution in [2.24, 2.45) is 0 Å². The maximum absolute atomic E-state index is 12.5. The molecular weight excluding hydrogens is 434 g/mol. The predicted octanol–water partition coefficient (Wildman–Crippen LogP) is 4.59. The number of hydrogen-bond donors (Lipinski definition) is 1. The second kappa shape index (κ2) is 10.4. The van der Waals surface area contributed by atoms with Crippen LogP contribution in [0.4, 0.5) is 11.4 Å². The first-order chi connectivity index (χ1) is 14.9. The number of thioether (sulfide) groups is 1. The Bertz CT molecular complexity index is 1070. The fourth-order valence-corrected chi connectivity index (χ4v) is 3.83. The van der Waals surface area contributed by atoms with E-state index in [0.717, 1.165) is 17.1 Å². The molecule has 1 heterocycles. The smallest absolute Gasteiger partial charge is 0.234 e. The van der Waals surface area contributed by atoms with Crippen molar-refractivity contribution in [1.29, 1.82) is 0 Å². The van der Waals surface area contributed by atoms with E-state index in [1.807, 2.05) is 47.8 Å². The molecule has 3 aromatic rings. The monoisotopic (exact) mass is 457 g/mol. The zero-order valence-corrected chi connectivity index (χ0v) is 19.2. The van der Waals surface area contributed by atoms with Crippen LogP contribution in [-0.4, -0.2) is 47.6 Å². The number of nitrogens with one attached hydrogen (secondary N) is 1. The van der Waals surface area contributed by atoms with Gasteiger partial charge >= 0.3 is 0 Å². The van der Waals surface area contributed by atoms with Gasteiger partial charge in [0.05, 0.1) is 18.6 Å². The average Bonchev–Trinajstić information content (AvgIpc) is 3.15. The van der Waals surface area contributed by atoms with E-state index in [1.54, 1.807) is 24.3 Å². The van der Waals surface area contributed by atoms with Crippen LogP contribution in [0.5, 0.6) is 5.75 Å². The van der Waals surface area contributed by atoms with Gasteiger partial charge in [-0.05, 0) is 42.5 Å². The second-order valence-electron chi connectivity index (χ2n) is 6.83. The largest absolute Gasteiger partial charge is 0.495 e. The normalized spacial score (nSPS) is 10.6. The molecule has 31 heavy (non-hydrogen) atoms. The number of amides is 1. The number of anilines is 2. The van der Waals surface area contributed by atoms with Crippen LogP contribution in [0.25, 0.3) is 11.4 Å². The first-order valence-electron chi connectivity index (χ1n) is 9.51. The molecule has 0 fully saturated rings. The lowest BCUT2D eigenvalue weighted by Gasteiger charge is -2.13. The molecule has 2 aromatic carbocycles. The molecule has 0 bridgehead atoms. The molecule has 7 nitrogen and oxygen atoms in total. The number of rotatable bonds is 9. The van der Waals surface area contributed by atoms with E-state index < -0.39 is 0 Å². The Balaban J connectivity index is 1.74. The van der Waals surface area contributed by atoms with Crippen LogP contribution < -0.4 is 15.0 Å². The summed E-state index contributed by atoms with van der Waals surface area (Å²) in [6.07, 6.45) is 1.78. The van der Waals surface area contributed by atoms with Crippen molar-refractivity contribution in [2.45, 2.75) is 11.7 Å². The standard InChI is InChI=1S/C22H24ClN5O2S/c1-5-12-28-21(15-6-9-17(10-7-15)27(2)3)25-26-22(28)31-14-20(29)24-18-13-16(23)8-11-19(18)30-4/h5-11,13H,1,12,14H2,2-4H3,(H,24,29). The first-order valence-corrected chi connectivity index (χ1v) is 10.9. The quantitative estimate of drug-likeness (QED) is 0.374. The average molecular weight is 458 g/mol. The summed E-state index contributed by atoms with van der Waals surface area (Å²) in [4.78, 5) is 14.5. The highest BCUT2D eigenvalue weighted by molar-refractivity contribution is 7.99. The van der Waals surface area contributed by atoms with Crippen molar-refractivity contribution >= 4 is 40.6 Å². The molecule has 1 aromatic heterocycles. The molecule has 0 aliphatic rings. The Morgan fingerprint density at radius 2 is 2.00 bits per heavy atom. The summed E-state index contributed by atoms with van der Waals surface area (Å²) < 4.78 is 7.21. The van der Waals surface area contributed by atoms with E-state index >= 15 is 0 Å². The molecule has 0 saturated heterocycles. The summed E-state index contributed by atoms with van der Waals surface area (Å²) in [5.74, 6) is 1.23. The van der Waals surface area contributed by atoms with Crippen LogP contribution in [0.3, 0.4) is 0 Å². The molecule has 1 N–H and O–H groups in total. The molecule has 0 unspecified atom stereocenters. The van der Waals surface area contributed by atoms with Crippen molar-refractivity contribution in [3.63, 3.8) is 0 Å². The van der Waals surface area contributed by atoms with E-state index in [1.165, 1.54) is 18.9 Å². The lowest BCUT2D eigenvalue weighted by Crippen LogP contribution is -2.15. The molecule has 0 radical (unpaired) electrons. The Labute approximate surface area is 191 Å². The van der Waals surface area contributed by atoms with Crippen LogP contribution in [0.2, 0.25) is 5.02 Å². The van der Waals surface area contributed by atoms with Crippen molar-refractivity contribution in [1.82, 2.24) is 14.8 Å². The molecule has 9 heteroatoms. The lowest BCUT2D eigenvalue weighted by atomic mass is 10.2. The molecule has 0 atom stereocenters. The molecule has 0 aliphatic heterocycles. The van der Waals surface area contributed by atoms with Crippen LogP contribution in [0.15, 0.2) is 60.3 Å². The molecule has 162 valence electrons. The minimum Gasteiger partial charge on any atom is -0.495 e. The molecule has 0 saturated carbocycles. The number of carbonyl (C=O) groups excluding carboxylic acids is 1. The zero-order valence-electron chi connectivity index (χ0n) is 17.6. The predicted molar refractivity (Wildman–Crippen MR) is 127 cm³/mol. The number of benzene rings is 2. The van der Waals surface area contributed by atoms with Gasteiger partial charge in [-0.3, -0.25) is 9.36 Å². The van der Waals surface area contributed by atoms with Gasteiger partial charge in [0.15, 0.2) is 11.0 Å². The third-order valence-electron chi connectivity index (χ3n) is 4.44. The van der Waals surface area contributed by atoms with Gasteiger partial charge in [-0.1, -0.05) is 29.4 Å². The number of carbonyl (C=O) groups is 1. The van der Waals surface area contributed by atoms with E-state index in [0.29, 0.717) is 28.2 Å². The summed E-state index contributed by atoms with van der Waals surface area (Å²) in [6, 6.07) is 13.1. The van der Waals surface area contributed by atoms with Crippen LogP contribution in [0, 0.1) is 0 Å². The van der Waals surface area contributed by atoms with E-state index in [9.17, 15) is 4.79 Å². The van der Waals surface area contributed by atoms with Crippen LogP contribution in [-0.2, 0) is 11.3 Å². The molecular formula is C22H24ClN5O2S. The number of ether oxygens (including phenoxy) is 1. The highest BCUT2D eigenvalue weighted by atomic mass is 35.5. The summed E-state index contributed by atoms with van der Waals surface area (Å²) in [5.41, 5.74) is 2.57. The van der Waals surface area contributed by atoms with Gasteiger partial charge in [0.25, 0.3) is 0 Å². The number of methoxy groups -OCH3 is 1. The van der Waals surface area contributed by atoms with Crippen molar-refractivity contribution in [3.8, 4) is 17.1 Å². The van der Waals surface area contributed by atoms with Gasteiger partial charge in [-0.15, -0.1) is 16.8 Å². The molecule has 3 rings (SSSR count). The van der Waals surface area contributed by atoms with Gasteiger partial charge in [0, 0.05) is 36.9 Å². The first kappa shape index (κ1) is 22.7. The lowest BCUT2D eigenvalue weighted by molar-refractivity contribution is -0.113. The minimum atomic E-state index is -0.199. The highest BCUT2D eigenvalue weighted by Gasteiger charge is 2.16. The summed E-state index contributed by atoms with van der Waals surface area (Å²) in [6.45, 7) is 4.36. The van der Waals surface area contributed by atoms with Gasteiger partial charge in [-0.2, -0.15) is 0 Å². The molecule has 0 aliphatic carbocycles. The topological polar surface area (TPSA) is 72.3 Å². The van der Waals surface area contributed by atoms with Gasteiger partial charge in [-0.25, -0.2) is 0 Å². The molecule has 0 spiro atoms. The molecule has 1 amide bonds. The Kier molecular flexibility index (Phi) is 7.59. The maximum Gasteiger partial charge on any atom is 0.234 e. The highest BCUT2D eigenvalue weighted by Crippen LogP contribution is 2.29. The SMILES string of the molecule is C=CCn1c(SCC(=O)Nc2cc(Cl)ccc2OC)nnc1-c1ccc(N(C)C)cc1. The Morgan fingerprint density at radius 1 is 1.26 bits per heavy atom. The van der Waals surface area contributed by atoms with Crippen molar-refractivity contribution in [3.05, 3.63) is 60.1 Å². The Hall–Kier alpha value is -2.97. The summed E-state index contributed by atoms with van der Waals surface area (Å²) >= 11 is 7.33. The fraction of sp³-hybridized carbons (Fsp3) is 0.227. The third-order valence-corrected chi connectivity index (χ3v) is 5.64. The second-order valence-corrected chi connectivity index (χ2v) is 8.21. The van der Waals surface area contributed by atoms with Crippen molar-refractivity contribution < 1.29 is 9.53 Å². The summed E-state index contributed by atoms with van der Waals surface area (Å²) in [7, 11) is 5.53. The summed E-state index contributed by atoms with van der Waals surface area (Å²) in [5, 5.41) is 12.6. The van der Waals surface area contributed by atoms with Crippen LogP contribution >= 0.6 is 23.4 Å². The Morgan fingerprint density at radius 3 is 2.65 bits per heavy atom. The van der Waals surface area contributed by atoms with Crippen molar-refractivity contribution in [2.75, 3.05) is 37.2 Å².